The maximum Gasteiger partial charge on any atom is 0.314 e. The molecule has 212 valence electrons. The molecule has 0 bridgehead atoms. The summed E-state index contributed by atoms with van der Waals surface area (Å²) in [5.74, 6) is -1.71. The number of anilines is 1. The lowest BCUT2D eigenvalue weighted by molar-refractivity contribution is 0.110. The number of hydrogen-bond donors (Lipinski definition) is 1. The van der Waals surface area contributed by atoms with E-state index in [2.05, 4.69) is 15.3 Å². The van der Waals surface area contributed by atoms with Crippen LogP contribution in [0.3, 0.4) is 0 Å². The molecule has 4 aromatic rings. The standard InChI is InChI=1S/C28H24F4N6O3/c1-15(20-4-3-5-21(23(20)30)26(31)32)34-27-22-14-38(37-6-8-40-9-7-37)28(39)25(24(22)35-16(2)36-27)41-19-11-17(13-33)10-18(29)12-19/h3-5,10-12,14-15,26H,6-9H2,1-2H3,(H,34,35,36)/t15-/m1/s1. The largest absolute Gasteiger partial charge is 0.449 e. The molecule has 0 saturated carbocycles. The minimum absolute atomic E-state index is 0.00557. The van der Waals surface area contributed by atoms with Gasteiger partial charge in [-0.05, 0) is 26.0 Å². The smallest absolute Gasteiger partial charge is 0.314 e. The van der Waals surface area contributed by atoms with E-state index in [0.29, 0.717) is 31.7 Å². The van der Waals surface area contributed by atoms with Crippen LogP contribution in [-0.4, -0.2) is 40.9 Å². The molecule has 13 heteroatoms. The number of nitrogens with one attached hydrogen (secondary N) is 1. The van der Waals surface area contributed by atoms with Crippen molar-refractivity contribution in [2.24, 2.45) is 0 Å². The van der Waals surface area contributed by atoms with Gasteiger partial charge in [0.15, 0.2) is 0 Å². The van der Waals surface area contributed by atoms with Crippen LogP contribution in [0.15, 0.2) is 47.4 Å². The summed E-state index contributed by atoms with van der Waals surface area (Å²) in [6, 6.07) is 8.13. The quantitative estimate of drug-likeness (QED) is 0.307. The van der Waals surface area contributed by atoms with Crippen LogP contribution < -0.4 is 20.6 Å². The van der Waals surface area contributed by atoms with Crippen molar-refractivity contribution >= 4 is 16.7 Å². The van der Waals surface area contributed by atoms with Crippen molar-refractivity contribution in [3.63, 3.8) is 0 Å². The van der Waals surface area contributed by atoms with E-state index in [4.69, 9.17) is 9.47 Å². The van der Waals surface area contributed by atoms with Crippen molar-refractivity contribution in [2.45, 2.75) is 26.3 Å². The zero-order valence-corrected chi connectivity index (χ0v) is 22.0. The molecule has 1 aliphatic rings. The van der Waals surface area contributed by atoms with Crippen LogP contribution in [0.25, 0.3) is 10.9 Å². The SMILES string of the molecule is Cc1nc(N[C@H](C)c2cccc(C(F)F)c2F)c2cn(N3CCOCC3)c(=O)c(Oc3cc(F)cc(C#N)c3)c2n1. The zero-order valence-electron chi connectivity index (χ0n) is 22.0. The van der Waals surface area contributed by atoms with Crippen molar-refractivity contribution < 1.29 is 27.0 Å². The number of halogens is 4. The van der Waals surface area contributed by atoms with Crippen LogP contribution in [0.2, 0.25) is 0 Å². The second-order valence-electron chi connectivity index (χ2n) is 9.36. The van der Waals surface area contributed by atoms with Gasteiger partial charge in [0.1, 0.15) is 34.5 Å². The van der Waals surface area contributed by atoms with Gasteiger partial charge in [-0.3, -0.25) is 4.79 Å². The molecule has 1 saturated heterocycles. The van der Waals surface area contributed by atoms with Gasteiger partial charge in [0.25, 0.3) is 6.43 Å². The Morgan fingerprint density at radius 3 is 2.56 bits per heavy atom. The van der Waals surface area contributed by atoms with Gasteiger partial charge < -0.3 is 19.8 Å². The number of aryl methyl sites for hydroxylation is 1. The Morgan fingerprint density at radius 2 is 1.85 bits per heavy atom. The highest BCUT2D eigenvalue weighted by Crippen LogP contribution is 2.33. The van der Waals surface area contributed by atoms with E-state index >= 15 is 0 Å². The van der Waals surface area contributed by atoms with E-state index in [1.807, 2.05) is 6.07 Å². The van der Waals surface area contributed by atoms with Gasteiger partial charge in [-0.2, -0.15) is 5.26 Å². The predicted molar refractivity (Wildman–Crippen MR) is 142 cm³/mol. The van der Waals surface area contributed by atoms with Gasteiger partial charge in [0.05, 0.1) is 54.9 Å². The third-order valence-corrected chi connectivity index (χ3v) is 6.55. The second kappa shape index (κ2) is 11.4. The average molecular weight is 569 g/mol. The van der Waals surface area contributed by atoms with E-state index in [1.165, 1.54) is 29.1 Å². The van der Waals surface area contributed by atoms with Gasteiger partial charge in [-0.1, -0.05) is 18.2 Å². The number of rotatable bonds is 7. The van der Waals surface area contributed by atoms with Crippen molar-refractivity contribution in [3.05, 3.63) is 87.1 Å². The number of alkyl halides is 2. The zero-order chi connectivity index (χ0) is 29.3. The Morgan fingerprint density at radius 1 is 1.12 bits per heavy atom. The van der Waals surface area contributed by atoms with Gasteiger partial charge in [-0.25, -0.2) is 32.2 Å². The summed E-state index contributed by atoms with van der Waals surface area (Å²) in [5.41, 5.74) is -1.26. The molecule has 0 unspecified atom stereocenters. The van der Waals surface area contributed by atoms with Crippen LogP contribution in [-0.2, 0) is 4.74 Å². The summed E-state index contributed by atoms with van der Waals surface area (Å²) in [6.07, 6.45) is -1.49. The van der Waals surface area contributed by atoms with E-state index in [-0.39, 0.29) is 39.8 Å². The minimum Gasteiger partial charge on any atom is -0.449 e. The number of pyridine rings is 1. The Hall–Kier alpha value is -4.70. The molecule has 9 nitrogen and oxygen atoms in total. The number of aromatic nitrogens is 3. The summed E-state index contributed by atoms with van der Waals surface area (Å²) in [6.45, 7) is 4.63. The lowest BCUT2D eigenvalue weighted by atomic mass is 10.0. The van der Waals surface area contributed by atoms with E-state index < -0.39 is 35.2 Å². The lowest BCUT2D eigenvalue weighted by Crippen LogP contribution is -2.48. The Bertz CT molecular complexity index is 1720. The minimum atomic E-state index is -2.99. The summed E-state index contributed by atoms with van der Waals surface area (Å²) in [4.78, 5) is 22.6. The number of benzene rings is 2. The third kappa shape index (κ3) is 5.64. The number of fused-ring (bicyclic) bond motifs is 1. The maximum absolute atomic E-state index is 14.9. The summed E-state index contributed by atoms with van der Waals surface area (Å²) in [5, 5.41) is 14.3. The van der Waals surface area contributed by atoms with Crippen molar-refractivity contribution in [1.29, 1.82) is 5.26 Å². The first kappa shape index (κ1) is 27.9. The van der Waals surface area contributed by atoms with E-state index in [9.17, 15) is 27.6 Å². The molecule has 0 spiro atoms. The molecule has 41 heavy (non-hydrogen) atoms. The topological polar surface area (TPSA) is 105 Å². The summed E-state index contributed by atoms with van der Waals surface area (Å²) in [7, 11) is 0. The fourth-order valence-corrected chi connectivity index (χ4v) is 4.60. The number of morpholine rings is 1. The number of nitriles is 1. The van der Waals surface area contributed by atoms with Gasteiger partial charge in [0, 0.05) is 17.8 Å². The van der Waals surface area contributed by atoms with Crippen molar-refractivity contribution in [2.75, 3.05) is 36.6 Å². The first-order chi connectivity index (χ1) is 19.7. The Kier molecular flexibility index (Phi) is 7.76. The van der Waals surface area contributed by atoms with Crippen LogP contribution in [0, 0.1) is 29.9 Å². The van der Waals surface area contributed by atoms with Gasteiger partial charge in [0.2, 0.25) is 5.75 Å². The molecule has 1 atom stereocenters. The van der Waals surface area contributed by atoms with Crippen LogP contribution >= 0.6 is 0 Å². The number of hydrogen-bond acceptors (Lipinski definition) is 8. The molecule has 2 aromatic carbocycles. The van der Waals surface area contributed by atoms with E-state index in [0.717, 1.165) is 18.2 Å². The fourth-order valence-electron chi connectivity index (χ4n) is 4.60. The fraction of sp³-hybridized carbons (Fsp3) is 0.286. The van der Waals surface area contributed by atoms with E-state index in [1.54, 1.807) is 18.9 Å². The lowest BCUT2D eigenvalue weighted by Gasteiger charge is -2.30. The first-order valence-corrected chi connectivity index (χ1v) is 12.6. The molecule has 2 aromatic heterocycles. The van der Waals surface area contributed by atoms with Gasteiger partial charge in [-0.15, -0.1) is 0 Å². The molecule has 5 rings (SSSR count). The molecule has 0 aliphatic carbocycles. The Balaban J connectivity index is 1.67. The molecule has 0 amide bonds. The third-order valence-electron chi connectivity index (χ3n) is 6.55. The average Bonchev–Trinajstić information content (AvgIpc) is 2.94. The molecule has 1 fully saturated rings. The van der Waals surface area contributed by atoms with Gasteiger partial charge >= 0.3 is 5.56 Å². The molecule has 0 radical (unpaired) electrons. The Labute approximate surface area is 231 Å². The highest BCUT2D eigenvalue weighted by atomic mass is 19.3. The molecule has 3 heterocycles. The molecule has 1 aliphatic heterocycles. The van der Waals surface area contributed by atoms with Crippen LogP contribution in [0.4, 0.5) is 23.4 Å². The van der Waals surface area contributed by atoms with Crippen molar-refractivity contribution in [3.8, 4) is 17.6 Å². The molecular formula is C28H24F4N6O3. The van der Waals surface area contributed by atoms with Crippen LogP contribution in [0.5, 0.6) is 11.5 Å². The maximum atomic E-state index is 14.9. The molecular weight excluding hydrogens is 544 g/mol. The number of ether oxygens (including phenoxy) is 2. The highest BCUT2D eigenvalue weighted by Gasteiger charge is 2.24. The second-order valence-corrected chi connectivity index (χ2v) is 9.36. The normalized spacial score (nSPS) is 14.2. The predicted octanol–water partition coefficient (Wildman–Crippen LogP) is 5.12. The summed E-state index contributed by atoms with van der Waals surface area (Å²) >= 11 is 0. The first-order valence-electron chi connectivity index (χ1n) is 12.6. The van der Waals surface area contributed by atoms with Crippen LogP contribution in [0.1, 0.15) is 41.9 Å². The summed E-state index contributed by atoms with van der Waals surface area (Å²) < 4.78 is 68.4. The highest BCUT2D eigenvalue weighted by molar-refractivity contribution is 5.92. The van der Waals surface area contributed by atoms with Crippen molar-refractivity contribution in [1.82, 2.24) is 14.6 Å². The molecule has 1 N–H and O–H groups in total. The monoisotopic (exact) mass is 568 g/mol. The number of nitrogens with zero attached hydrogens (tertiary/aromatic N) is 5.